The molecule has 0 radical (unpaired) electrons. The van der Waals surface area contributed by atoms with Gasteiger partial charge in [0.25, 0.3) is 5.88 Å². The fourth-order valence-electron chi connectivity index (χ4n) is 1.35. The summed E-state index contributed by atoms with van der Waals surface area (Å²) in [6, 6.07) is 3.40. The second-order valence-corrected chi connectivity index (χ2v) is 3.25. The number of ether oxygens (including phenoxy) is 1. The van der Waals surface area contributed by atoms with Crippen molar-refractivity contribution in [2.75, 3.05) is 12.4 Å². The first kappa shape index (κ1) is 11.8. The molecule has 0 fully saturated rings. The molecule has 0 saturated heterocycles. The Labute approximate surface area is 102 Å². The van der Waals surface area contributed by atoms with Crippen LogP contribution in [0.25, 0.3) is 0 Å². The van der Waals surface area contributed by atoms with E-state index in [0.717, 1.165) is 0 Å². The molecular formula is C10H10N4O4. The Kier molecular flexibility index (Phi) is 3.37. The Morgan fingerprint density at radius 1 is 1.56 bits per heavy atom. The molecule has 18 heavy (non-hydrogen) atoms. The average molecular weight is 250 g/mol. The average Bonchev–Trinajstić information content (AvgIpc) is 2.88. The summed E-state index contributed by atoms with van der Waals surface area (Å²) in [4.78, 5) is 17.9. The van der Waals surface area contributed by atoms with Gasteiger partial charge in [-0.3, -0.25) is 10.1 Å². The van der Waals surface area contributed by atoms with Gasteiger partial charge >= 0.3 is 5.69 Å². The Balaban J connectivity index is 2.24. The Morgan fingerprint density at radius 3 is 3.00 bits per heavy atom. The van der Waals surface area contributed by atoms with Gasteiger partial charge in [0.05, 0.1) is 11.2 Å². The van der Waals surface area contributed by atoms with Crippen LogP contribution in [0.15, 0.2) is 29.1 Å². The number of nitro groups is 1. The van der Waals surface area contributed by atoms with Crippen molar-refractivity contribution in [1.29, 1.82) is 0 Å². The maximum absolute atomic E-state index is 10.9. The van der Waals surface area contributed by atoms with Crippen LogP contribution >= 0.6 is 0 Å². The van der Waals surface area contributed by atoms with Crippen molar-refractivity contribution in [1.82, 2.24) is 9.97 Å². The van der Waals surface area contributed by atoms with Crippen molar-refractivity contribution in [3.8, 4) is 5.88 Å². The van der Waals surface area contributed by atoms with Gasteiger partial charge in [0.1, 0.15) is 18.7 Å². The third-order valence-electron chi connectivity index (χ3n) is 2.14. The smallest absolute Gasteiger partial charge is 0.372 e. The molecule has 8 nitrogen and oxygen atoms in total. The second kappa shape index (κ2) is 5.13. The van der Waals surface area contributed by atoms with Crippen molar-refractivity contribution < 1.29 is 14.1 Å². The van der Waals surface area contributed by atoms with Gasteiger partial charge in [-0.2, -0.15) is 4.98 Å². The van der Waals surface area contributed by atoms with Crippen LogP contribution in [0.4, 0.5) is 11.5 Å². The fraction of sp³-hybridized carbons (Fsp3) is 0.200. The number of hydrogen-bond donors (Lipinski definition) is 1. The highest BCUT2D eigenvalue weighted by atomic mass is 16.6. The third kappa shape index (κ3) is 2.37. The first-order valence-electron chi connectivity index (χ1n) is 5.04. The summed E-state index contributed by atoms with van der Waals surface area (Å²) in [6.45, 7) is 0.0635. The third-order valence-corrected chi connectivity index (χ3v) is 2.14. The van der Waals surface area contributed by atoms with Crippen LogP contribution in [0.5, 0.6) is 5.88 Å². The van der Waals surface area contributed by atoms with E-state index >= 15 is 0 Å². The van der Waals surface area contributed by atoms with Crippen LogP contribution in [0.2, 0.25) is 0 Å². The number of anilines is 1. The number of nitrogens with one attached hydrogen (secondary N) is 1. The van der Waals surface area contributed by atoms with Gasteiger partial charge in [-0.15, -0.1) is 0 Å². The summed E-state index contributed by atoms with van der Waals surface area (Å²) in [5.41, 5.74) is -0.299. The zero-order valence-electron chi connectivity index (χ0n) is 9.49. The summed E-state index contributed by atoms with van der Waals surface area (Å²) in [5, 5.41) is 13.6. The van der Waals surface area contributed by atoms with E-state index in [0.29, 0.717) is 5.76 Å². The second-order valence-electron chi connectivity index (χ2n) is 3.25. The lowest BCUT2D eigenvalue weighted by Crippen LogP contribution is -2.05. The molecule has 0 aliphatic heterocycles. The minimum Gasteiger partial charge on any atom is -0.466 e. The molecule has 0 aliphatic rings. The van der Waals surface area contributed by atoms with Crippen molar-refractivity contribution in [2.24, 2.45) is 0 Å². The monoisotopic (exact) mass is 250 g/mol. The lowest BCUT2D eigenvalue weighted by Gasteiger charge is -2.06. The van der Waals surface area contributed by atoms with Crippen molar-refractivity contribution >= 4 is 11.5 Å². The molecule has 94 valence electrons. The van der Waals surface area contributed by atoms with E-state index in [-0.39, 0.29) is 24.0 Å². The minimum absolute atomic E-state index is 0.0635. The Bertz CT molecular complexity index is 541. The first-order valence-corrected chi connectivity index (χ1v) is 5.04. The molecule has 0 atom stereocenters. The number of aromatic nitrogens is 2. The zero-order chi connectivity index (χ0) is 13.0. The van der Waals surface area contributed by atoms with Crippen molar-refractivity contribution in [2.45, 2.75) is 6.61 Å². The molecule has 0 unspecified atom stereocenters. The van der Waals surface area contributed by atoms with Gasteiger partial charge in [-0.1, -0.05) is 0 Å². The van der Waals surface area contributed by atoms with E-state index < -0.39 is 4.92 Å². The molecule has 0 bridgehead atoms. The molecule has 1 N–H and O–H groups in total. The van der Waals surface area contributed by atoms with Gasteiger partial charge in [-0.25, -0.2) is 4.98 Å². The van der Waals surface area contributed by atoms with E-state index in [1.807, 2.05) is 0 Å². The molecule has 2 heterocycles. The number of furan rings is 1. The van der Waals surface area contributed by atoms with Crippen LogP contribution in [-0.2, 0) is 6.61 Å². The molecule has 0 aliphatic carbocycles. The molecule has 0 amide bonds. The zero-order valence-corrected chi connectivity index (χ0v) is 9.49. The maximum Gasteiger partial charge on any atom is 0.372 e. The normalized spacial score (nSPS) is 10.1. The summed E-state index contributed by atoms with van der Waals surface area (Å²) >= 11 is 0. The minimum atomic E-state index is -0.594. The fourth-order valence-corrected chi connectivity index (χ4v) is 1.35. The lowest BCUT2D eigenvalue weighted by atomic mass is 10.4. The number of rotatable bonds is 5. The Morgan fingerprint density at radius 2 is 2.39 bits per heavy atom. The van der Waals surface area contributed by atoms with Crippen LogP contribution in [-0.4, -0.2) is 21.9 Å². The molecule has 0 aromatic carbocycles. The van der Waals surface area contributed by atoms with Gasteiger partial charge in [0.15, 0.2) is 0 Å². The number of hydrogen-bond acceptors (Lipinski definition) is 7. The van der Waals surface area contributed by atoms with Gasteiger partial charge in [0.2, 0.25) is 5.82 Å². The molecule has 8 heteroatoms. The van der Waals surface area contributed by atoms with Crippen molar-refractivity contribution in [3.63, 3.8) is 0 Å². The largest absolute Gasteiger partial charge is 0.466 e. The standard InChI is InChI=1S/C10H10N4O4/c1-11-9-8(14(15)16)10(13-6-12-9)18-5-7-3-2-4-17-7/h2-4,6H,5H2,1H3,(H,11,12,13). The Hall–Kier alpha value is -2.64. The highest BCUT2D eigenvalue weighted by Crippen LogP contribution is 2.30. The van der Waals surface area contributed by atoms with E-state index in [2.05, 4.69) is 15.3 Å². The summed E-state index contributed by atoms with van der Waals surface area (Å²) in [5.74, 6) is 0.550. The molecule has 2 aromatic rings. The number of nitrogens with zero attached hydrogens (tertiary/aromatic N) is 3. The van der Waals surface area contributed by atoms with Crippen LogP contribution < -0.4 is 10.1 Å². The highest BCUT2D eigenvalue weighted by molar-refractivity contribution is 5.60. The van der Waals surface area contributed by atoms with Gasteiger partial charge < -0.3 is 14.5 Å². The van der Waals surface area contributed by atoms with Crippen LogP contribution in [0.1, 0.15) is 5.76 Å². The predicted molar refractivity (Wildman–Crippen MR) is 61.3 cm³/mol. The van der Waals surface area contributed by atoms with Crippen molar-refractivity contribution in [3.05, 3.63) is 40.6 Å². The van der Waals surface area contributed by atoms with Gasteiger partial charge in [-0.05, 0) is 12.1 Å². The topological polar surface area (TPSA) is 103 Å². The van der Waals surface area contributed by atoms with E-state index in [1.54, 1.807) is 12.1 Å². The van der Waals surface area contributed by atoms with Crippen LogP contribution in [0, 0.1) is 10.1 Å². The lowest BCUT2D eigenvalue weighted by molar-refractivity contribution is -0.385. The quantitative estimate of drug-likeness (QED) is 0.634. The highest BCUT2D eigenvalue weighted by Gasteiger charge is 2.23. The summed E-state index contributed by atoms with van der Waals surface area (Å²) < 4.78 is 10.3. The molecule has 2 aromatic heterocycles. The SMILES string of the molecule is CNc1ncnc(OCc2ccco2)c1[N+](=O)[O-]. The molecule has 0 saturated carbocycles. The molecular weight excluding hydrogens is 240 g/mol. The predicted octanol–water partition coefficient (Wildman–Crippen LogP) is 1.60. The molecule has 0 spiro atoms. The van der Waals surface area contributed by atoms with Gasteiger partial charge in [0, 0.05) is 7.05 Å². The van der Waals surface area contributed by atoms with Crippen LogP contribution in [0.3, 0.4) is 0 Å². The van der Waals surface area contributed by atoms with E-state index in [1.165, 1.54) is 19.6 Å². The first-order chi connectivity index (χ1) is 8.72. The van der Waals surface area contributed by atoms with E-state index in [9.17, 15) is 10.1 Å². The molecule has 2 rings (SSSR count). The maximum atomic E-state index is 10.9. The summed E-state index contributed by atoms with van der Waals surface area (Å²) in [6.07, 6.45) is 2.68. The van der Waals surface area contributed by atoms with E-state index in [4.69, 9.17) is 9.15 Å². The summed E-state index contributed by atoms with van der Waals surface area (Å²) in [7, 11) is 1.53.